The second-order valence-corrected chi connectivity index (χ2v) is 11.0. The minimum atomic E-state index is -2.88. The first-order valence-electron chi connectivity index (χ1n) is 13.5. The predicted octanol–water partition coefficient (Wildman–Crippen LogP) is 4.67. The minimum absolute atomic E-state index is 0.0302. The van der Waals surface area contributed by atoms with Crippen LogP contribution in [0.2, 0.25) is 5.02 Å². The zero-order valence-electron chi connectivity index (χ0n) is 22.5. The first-order valence-corrected chi connectivity index (χ1v) is 13.9. The van der Waals surface area contributed by atoms with Gasteiger partial charge in [-0.05, 0) is 42.8 Å². The van der Waals surface area contributed by atoms with Crippen LogP contribution in [0.1, 0.15) is 42.9 Å². The molecule has 1 unspecified atom stereocenters. The Labute approximate surface area is 249 Å². The number of benzene rings is 2. The van der Waals surface area contributed by atoms with Crippen molar-refractivity contribution in [3.05, 3.63) is 83.1 Å². The number of aromatic nitrogens is 3. The normalized spacial score (nSPS) is 18.6. The number of carbonyl (C=O) groups excluding carboxylic acids is 3. The van der Waals surface area contributed by atoms with E-state index in [4.69, 9.17) is 11.6 Å². The number of pyridine rings is 1. The van der Waals surface area contributed by atoms with Gasteiger partial charge < -0.3 is 5.32 Å². The molecule has 218 valence electrons. The molecule has 0 spiro atoms. The van der Waals surface area contributed by atoms with E-state index < -0.39 is 48.7 Å². The number of anilines is 2. The van der Waals surface area contributed by atoms with E-state index in [2.05, 4.69) is 20.5 Å². The molecule has 2 aromatic carbocycles. The van der Waals surface area contributed by atoms with Gasteiger partial charge in [-0.1, -0.05) is 29.8 Å². The monoisotopic (exact) mass is 603 g/mol. The SMILES string of the molecule is N#Cc1ccnc(N2C(=O)CC[C@H]2C(=O)N(c2ccc3cn[nH]c3c2)C(C(=O)NC2CC(F)(F)C2)c2ccccc2Cl)c1. The number of hydrogen-bond acceptors (Lipinski definition) is 6. The molecule has 43 heavy (non-hydrogen) atoms. The first-order chi connectivity index (χ1) is 20.6. The van der Waals surface area contributed by atoms with Crippen LogP contribution in [0.4, 0.5) is 20.3 Å². The van der Waals surface area contributed by atoms with Gasteiger partial charge in [0.25, 0.3) is 11.8 Å². The number of nitriles is 1. The maximum atomic E-state index is 14.7. The van der Waals surface area contributed by atoms with Crippen molar-refractivity contribution >= 4 is 51.7 Å². The van der Waals surface area contributed by atoms with E-state index in [1.54, 1.807) is 48.7 Å². The fourth-order valence-electron chi connectivity index (χ4n) is 5.60. The molecule has 3 amide bonds. The Kier molecular flexibility index (Phi) is 7.27. The zero-order chi connectivity index (χ0) is 30.3. The number of aromatic amines is 1. The largest absolute Gasteiger partial charge is 0.351 e. The van der Waals surface area contributed by atoms with Crippen molar-refractivity contribution < 1.29 is 23.2 Å². The van der Waals surface area contributed by atoms with Gasteiger partial charge in [0.1, 0.15) is 17.9 Å². The second-order valence-electron chi connectivity index (χ2n) is 10.6. The van der Waals surface area contributed by atoms with Gasteiger partial charge in [0.05, 0.1) is 23.3 Å². The summed E-state index contributed by atoms with van der Waals surface area (Å²) < 4.78 is 27.4. The zero-order valence-corrected chi connectivity index (χ0v) is 23.3. The molecule has 1 saturated heterocycles. The van der Waals surface area contributed by atoms with Gasteiger partial charge in [-0.15, -0.1) is 0 Å². The number of fused-ring (bicyclic) bond motifs is 1. The number of alkyl halides is 2. The Balaban J connectivity index is 1.47. The van der Waals surface area contributed by atoms with Crippen molar-refractivity contribution in [2.24, 2.45) is 0 Å². The number of nitrogens with zero attached hydrogens (tertiary/aromatic N) is 5. The van der Waals surface area contributed by atoms with Crippen molar-refractivity contribution in [1.82, 2.24) is 20.5 Å². The van der Waals surface area contributed by atoms with Crippen LogP contribution in [0, 0.1) is 11.3 Å². The average Bonchev–Trinajstić information content (AvgIpc) is 3.61. The van der Waals surface area contributed by atoms with Crippen molar-refractivity contribution in [1.29, 1.82) is 5.26 Å². The maximum absolute atomic E-state index is 14.7. The molecule has 2 aromatic heterocycles. The molecule has 4 aromatic rings. The van der Waals surface area contributed by atoms with Gasteiger partial charge in [-0.3, -0.25) is 29.3 Å². The van der Waals surface area contributed by atoms with E-state index in [0.29, 0.717) is 11.2 Å². The molecular formula is C30H24ClF2N7O3. The number of H-pyrrole nitrogens is 1. The van der Waals surface area contributed by atoms with E-state index in [1.165, 1.54) is 28.1 Å². The summed E-state index contributed by atoms with van der Waals surface area (Å²) in [6.07, 6.45) is 2.08. The molecule has 2 atom stereocenters. The van der Waals surface area contributed by atoms with Crippen molar-refractivity contribution in [2.45, 2.75) is 49.7 Å². The van der Waals surface area contributed by atoms with Crippen LogP contribution in [0.15, 0.2) is 67.0 Å². The second kappa shape index (κ2) is 11.1. The summed E-state index contributed by atoms with van der Waals surface area (Å²) in [5, 5.41) is 19.9. The Bertz CT molecular complexity index is 1780. The van der Waals surface area contributed by atoms with Gasteiger partial charge in [0.2, 0.25) is 11.8 Å². The molecule has 2 fully saturated rings. The Morgan fingerprint density at radius 1 is 1.19 bits per heavy atom. The highest BCUT2D eigenvalue weighted by Crippen LogP contribution is 2.40. The lowest BCUT2D eigenvalue weighted by Crippen LogP contribution is -2.56. The predicted molar refractivity (Wildman–Crippen MR) is 153 cm³/mol. The average molecular weight is 604 g/mol. The molecule has 13 heteroatoms. The summed E-state index contributed by atoms with van der Waals surface area (Å²) in [5.41, 5.74) is 1.39. The third kappa shape index (κ3) is 5.39. The van der Waals surface area contributed by atoms with Gasteiger partial charge in [-0.25, -0.2) is 13.8 Å². The van der Waals surface area contributed by atoms with Crippen LogP contribution in [0.25, 0.3) is 10.9 Å². The number of rotatable bonds is 7. The summed E-state index contributed by atoms with van der Waals surface area (Å²) in [6.45, 7) is 0. The van der Waals surface area contributed by atoms with Crippen LogP contribution >= 0.6 is 11.6 Å². The van der Waals surface area contributed by atoms with Crippen molar-refractivity contribution in [3.63, 3.8) is 0 Å². The Morgan fingerprint density at radius 3 is 2.72 bits per heavy atom. The van der Waals surface area contributed by atoms with Gasteiger partial charge in [0.15, 0.2) is 0 Å². The molecular weight excluding hydrogens is 580 g/mol. The standard InChI is InChI=1S/C30H24ClF2N7O3/c31-22-4-2-1-3-21(22)27(28(42)37-19-13-30(32,33)14-19)39(20-6-5-18-16-36-38-23(18)12-20)29(43)24-7-8-26(41)40(24)25-11-17(15-34)9-10-35-25/h1-6,9-12,16,19,24,27H,7-8,13-14H2,(H,36,38)(H,37,42)/t24-,27?/m0/s1. The van der Waals surface area contributed by atoms with Gasteiger partial charge in [-0.2, -0.15) is 10.4 Å². The summed E-state index contributed by atoms with van der Waals surface area (Å²) >= 11 is 6.59. The molecule has 2 N–H and O–H groups in total. The molecule has 6 rings (SSSR count). The highest BCUT2D eigenvalue weighted by atomic mass is 35.5. The number of amides is 3. The lowest BCUT2D eigenvalue weighted by Gasteiger charge is -2.39. The highest BCUT2D eigenvalue weighted by molar-refractivity contribution is 6.31. The first kappa shape index (κ1) is 28.2. The van der Waals surface area contributed by atoms with E-state index in [-0.39, 0.29) is 40.7 Å². The number of halogens is 3. The highest BCUT2D eigenvalue weighted by Gasteiger charge is 2.48. The molecule has 1 saturated carbocycles. The lowest BCUT2D eigenvalue weighted by atomic mass is 9.87. The minimum Gasteiger partial charge on any atom is -0.351 e. The van der Waals surface area contributed by atoms with Crippen LogP contribution in [-0.4, -0.2) is 50.9 Å². The topological polar surface area (TPSA) is 135 Å². The van der Waals surface area contributed by atoms with Crippen LogP contribution in [-0.2, 0) is 14.4 Å². The quantitative estimate of drug-likeness (QED) is 0.315. The van der Waals surface area contributed by atoms with Crippen LogP contribution in [0.5, 0.6) is 0 Å². The van der Waals surface area contributed by atoms with E-state index in [1.807, 2.05) is 6.07 Å². The van der Waals surface area contributed by atoms with Gasteiger partial charge >= 0.3 is 0 Å². The molecule has 10 nitrogen and oxygen atoms in total. The van der Waals surface area contributed by atoms with Crippen molar-refractivity contribution in [2.75, 3.05) is 9.80 Å². The fraction of sp³-hybridized carbons (Fsp3) is 0.267. The van der Waals surface area contributed by atoms with Crippen LogP contribution in [0.3, 0.4) is 0 Å². The summed E-state index contributed by atoms with van der Waals surface area (Å²) in [5.74, 6) is -4.45. The molecule has 1 aliphatic carbocycles. The summed E-state index contributed by atoms with van der Waals surface area (Å²) in [4.78, 5) is 48.5. The number of carbonyl (C=O) groups is 3. The fourth-order valence-corrected chi connectivity index (χ4v) is 5.84. The Hall–Kier alpha value is -4.89. The Morgan fingerprint density at radius 2 is 1.98 bits per heavy atom. The lowest BCUT2D eigenvalue weighted by molar-refractivity contribution is -0.133. The smallest absolute Gasteiger partial charge is 0.252 e. The van der Waals surface area contributed by atoms with E-state index in [9.17, 15) is 28.4 Å². The van der Waals surface area contributed by atoms with Gasteiger partial charge in [0, 0.05) is 53.2 Å². The number of nitrogens with one attached hydrogen (secondary N) is 2. The van der Waals surface area contributed by atoms with E-state index in [0.717, 1.165) is 5.39 Å². The van der Waals surface area contributed by atoms with Crippen molar-refractivity contribution in [3.8, 4) is 6.07 Å². The molecule has 3 heterocycles. The van der Waals surface area contributed by atoms with E-state index >= 15 is 0 Å². The summed E-state index contributed by atoms with van der Waals surface area (Å²) in [7, 11) is 0. The molecule has 1 aliphatic heterocycles. The number of hydrogen-bond donors (Lipinski definition) is 2. The maximum Gasteiger partial charge on any atom is 0.252 e. The molecule has 0 radical (unpaired) electrons. The third-order valence-electron chi connectivity index (χ3n) is 7.70. The summed E-state index contributed by atoms with van der Waals surface area (Å²) in [6, 6.07) is 13.1. The van der Waals surface area contributed by atoms with Crippen LogP contribution < -0.4 is 15.1 Å². The molecule has 2 aliphatic rings. The third-order valence-corrected chi connectivity index (χ3v) is 8.05. The molecule has 0 bridgehead atoms.